The van der Waals surface area contributed by atoms with Crippen molar-refractivity contribution in [2.24, 2.45) is 11.3 Å². The van der Waals surface area contributed by atoms with E-state index in [1.807, 2.05) is 6.92 Å². The molecule has 1 heterocycles. The van der Waals surface area contributed by atoms with E-state index in [1.54, 1.807) is 6.20 Å². The molecule has 1 atom stereocenters. The molecule has 0 aliphatic heterocycles. The molecule has 1 unspecified atom stereocenters. The second-order valence-corrected chi connectivity index (χ2v) is 10.2. The van der Waals surface area contributed by atoms with E-state index in [2.05, 4.69) is 71.4 Å². The van der Waals surface area contributed by atoms with E-state index in [-0.39, 0.29) is 16.8 Å². The molecule has 0 bridgehead atoms. The number of aromatic nitrogens is 2. The normalized spacial score (nSPS) is 14.2. The molecule has 0 aliphatic carbocycles. The molecule has 0 radical (unpaired) electrons. The van der Waals surface area contributed by atoms with Crippen LogP contribution in [0.2, 0.25) is 0 Å². The van der Waals surface area contributed by atoms with Crippen LogP contribution in [0.25, 0.3) is 6.08 Å². The van der Waals surface area contributed by atoms with E-state index < -0.39 is 0 Å². The van der Waals surface area contributed by atoms with E-state index >= 15 is 0 Å². The van der Waals surface area contributed by atoms with Gasteiger partial charge in [-0.15, -0.1) is 0 Å². The quantitative estimate of drug-likeness (QED) is 0.318. The molecular weight excluding hydrogens is 360 g/mol. The van der Waals surface area contributed by atoms with Gasteiger partial charge in [-0.3, -0.25) is 9.78 Å². The Labute approximate surface area is 178 Å². The van der Waals surface area contributed by atoms with Crippen LogP contribution >= 0.6 is 0 Å². The van der Waals surface area contributed by atoms with E-state index in [0.717, 1.165) is 43.7 Å². The lowest BCUT2D eigenvalue weighted by Crippen LogP contribution is -2.23. The van der Waals surface area contributed by atoms with Crippen molar-refractivity contribution in [3.8, 4) is 0 Å². The van der Waals surface area contributed by atoms with Gasteiger partial charge in [-0.1, -0.05) is 46.1 Å². The molecule has 0 aromatic carbocycles. The zero-order valence-corrected chi connectivity index (χ0v) is 20.2. The molecule has 0 saturated carbocycles. The van der Waals surface area contributed by atoms with Crippen molar-refractivity contribution in [1.29, 1.82) is 0 Å². The first-order valence-electron chi connectivity index (χ1n) is 11.0. The standard InChI is InChI=1S/C25H42N2O2/c1-10-20(17-29-25(7,8)9)13-11-12-14-23(28)22-16-26-21(19(3)27-22)15-18(2)24(4,5)6/h15-16,20H,10-14,17H2,1-9H3/b18-15+. The average molecular weight is 403 g/mol. The number of hydrogen-bond donors (Lipinski definition) is 0. The Hall–Kier alpha value is -1.55. The molecule has 0 fully saturated rings. The minimum Gasteiger partial charge on any atom is -0.376 e. The highest BCUT2D eigenvalue weighted by molar-refractivity contribution is 5.94. The number of allylic oxidation sites excluding steroid dienone is 1. The lowest BCUT2D eigenvalue weighted by Gasteiger charge is -2.23. The predicted octanol–water partition coefficient (Wildman–Crippen LogP) is 6.82. The van der Waals surface area contributed by atoms with Crippen LogP contribution in [0.4, 0.5) is 0 Å². The Bertz CT molecular complexity index is 694. The van der Waals surface area contributed by atoms with Gasteiger partial charge in [0, 0.05) is 6.42 Å². The maximum Gasteiger partial charge on any atom is 0.182 e. The lowest BCUT2D eigenvalue weighted by atomic mass is 9.87. The summed E-state index contributed by atoms with van der Waals surface area (Å²) in [6.07, 6.45) is 8.36. The fraction of sp³-hybridized carbons (Fsp3) is 0.720. The number of ketones is 1. The summed E-state index contributed by atoms with van der Waals surface area (Å²) in [5.74, 6) is 0.645. The van der Waals surface area contributed by atoms with Gasteiger partial charge in [-0.05, 0) is 64.9 Å². The number of aryl methyl sites for hydroxylation is 1. The lowest BCUT2D eigenvalue weighted by molar-refractivity contribution is -0.0243. The summed E-state index contributed by atoms with van der Waals surface area (Å²) < 4.78 is 5.91. The number of nitrogens with zero attached hydrogens (tertiary/aromatic N) is 2. The molecule has 4 heteroatoms. The maximum absolute atomic E-state index is 12.5. The first-order chi connectivity index (χ1) is 13.3. The van der Waals surface area contributed by atoms with Crippen LogP contribution in [0.5, 0.6) is 0 Å². The smallest absolute Gasteiger partial charge is 0.182 e. The van der Waals surface area contributed by atoms with E-state index in [0.29, 0.717) is 18.0 Å². The fourth-order valence-corrected chi connectivity index (χ4v) is 2.81. The summed E-state index contributed by atoms with van der Waals surface area (Å²) in [4.78, 5) is 21.5. The van der Waals surface area contributed by atoms with Crippen LogP contribution in [0.15, 0.2) is 11.8 Å². The Morgan fingerprint density at radius 2 is 1.83 bits per heavy atom. The Morgan fingerprint density at radius 3 is 2.34 bits per heavy atom. The summed E-state index contributed by atoms with van der Waals surface area (Å²) in [6, 6.07) is 0. The number of hydrogen-bond acceptors (Lipinski definition) is 4. The minimum absolute atomic E-state index is 0.0858. The van der Waals surface area contributed by atoms with Gasteiger partial charge in [0.2, 0.25) is 0 Å². The van der Waals surface area contributed by atoms with E-state index in [1.165, 1.54) is 5.57 Å². The Kier molecular flexibility index (Phi) is 9.67. The molecule has 0 spiro atoms. The van der Waals surface area contributed by atoms with Crippen LogP contribution in [-0.2, 0) is 4.74 Å². The van der Waals surface area contributed by atoms with Crippen LogP contribution in [-0.4, -0.2) is 28.0 Å². The first-order valence-corrected chi connectivity index (χ1v) is 11.0. The third-order valence-electron chi connectivity index (χ3n) is 5.40. The van der Waals surface area contributed by atoms with Crippen LogP contribution in [0, 0.1) is 18.3 Å². The van der Waals surface area contributed by atoms with Crippen molar-refractivity contribution in [3.63, 3.8) is 0 Å². The highest BCUT2D eigenvalue weighted by atomic mass is 16.5. The van der Waals surface area contributed by atoms with Crippen molar-refractivity contribution in [3.05, 3.63) is 28.9 Å². The van der Waals surface area contributed by atoms with Crippen molar-refractivity contribution < 1.29 is 9.53 Å². The second-order valence-electron chi connectivity index (χ2n) is 10.2. The highest BCUT2D eigenvalue weighted by Gasteiger charge is 2.16. The van der Waals surface area contributed by atoms with Crippen molar-refractivity contribution >= 4 is 11.9 Å². The third-order valence-corrected chi connectivity index (χ3v) is 5.40. The van der Waals surface area contributed by atoms with Gasteiger partial charge >= 0.3 is 0 Å². The number of unbranched alkanes of at least 4 members (excludes halogenated alkanes) is 1. The number of ether oxygens (including phenoxy) is 1. The van der Waals surface area contributed by atoms with Gasteiger partial charge in [0.15, 0.2) is 5.78 Å². The van der Waals surface area contributed by atoms with Crippen LogP contribution in [0.1, 0.15) is 109 Å². The molecule has 1 aromatic rings. The van der Waals surface area contributed by atoms with Gasteiger partial charge in [0.1, 0.15) is 5.69 Å². The van der Waals surface area contributed by atoms with Gasteiger partial charge < -0.3 is 4.74 Å². The van der Waals surface area contributed by atoms with Gasteiger partial charge in [-0.25, -0.2) is 4.98 Å². The summed E-state index contributed by atoms with van der Waals surface area (Å²) in [7, 11) is 0. The number of Topliss-reactive ketones (excluding diaryl/α,β-unsaturated/α-hetero) is 1. The summed E-state index contributed by atoms with van der Waals surface area (Å²) in [5, 5.41) is 0. The summed E-state index contributed by atoms with van der Waals surface area (Å²) in [5.41, 5.74) is 3.39. The maximum atomic E-state index is 12.5. The molecule has 29 heavy (non-hydrogen) atoms. The average Bonchev–Trinajstić information content (AvgIpc) is 2.60. The van der Waals surface area contributed by atoms with Gasteiger partial charge in [0.05, 0.1) is 29.8 Å². The fourth-order valence-electron chi connectivity index (χ4n) is 2.81. The predicted molar refractivity (Wildman–Crippen MR) is 122 cm³/mol. The molecule has 0 saturated heterocycles. The SMILES string of the molecule is CCC(CCCCC(=O)c1cnc(/C=C(\C)C(C)(C)C)c(C)n1)COC(C)(C)C. The van der Waals surface area contributed by atoms with Gasteiger partial charge in [-0.2, -0.15) is 0 Å². The van der Waals surface area contributed by atoms with Crippen molar-refractivity contribution in [1.82, 2.24) is 9.97 Å². The topological polar surface area (TPSA) is 52.1 Å². The zero-order chi connectivity index (χ0) is 22.2. The number of rotatable bonds is 10. The molecule has 0 amide bonds. The third kappa shape index (κ3) is 9.66. The van der Waals surface area contributed by atoms with Crippen molar-refractivity contribution in [2.45, 2.75) is 100 Å². The van der Waals surface area contributed by atoms with Gasteiger partial charge in [0.25, 0.3) is 0 Å². The molecule has 1 aromatic heterocycles. The molecule has 4 nitrogen and oxygen atoms in total. The summed E-state index contributed by atoms with van der Waals surface area (Å²) in [6.45, 7) is 19.8. The number of carbonyl (C=O) groups is 1. The Balaban J connectivity index is 2.56. The molecule has 164 valence electrons. The van der Waals surface area contributed by atoms with Crippen LogP contribution in [0.3, 0.4) is 0 Å². The van der Waals surface area contributed by atoms with E-state index in [4.69, 9.17) is 4.74 Å². The molecule has 0 aliphatic rings. The first kappa shape index (κ1) is 25.5. The summed E-state index contributed by atoms with van der Waals surface area (Å²) >= 11 is 0. The zero-order valence-electron chi connectivity index (χ0n) is 20.2. The molecule has 1 rings (SSSR count). The van der Waals surface area contributed by atoms with E-state index in [9.17, 15) is 4.79 Å². The number of carbonyl (C=O) groups excluding carboxylic acids is 1. The largest absolute Gasteiger partial charge is 0.376 e. The minimum atomic E-state index is -0.0906. The molecular formula is C25H42N2O2. The van der Waals surface area contributed by atoms with Crippen LogP contribution < -0.4 is 0 Å². The monoisotopic (exact) mass is 402 g/mol. The highest BCUT2D eigenvalue weighted by Crippen LogP contribution is 2.26. The Morgan fingerprint density at radius 1 is 1.17 bits per heavy atom. The second kappa shape index (κ2) is 11.0. The molecule has 0 N–H and O–H groups in total. The van der Waals surface area contributed by atoms with Crippen molar-refractivity contribution in [2.75, 3.05) is 6.61 Å².